The molecule has 0 unspecified atom stereocenters. The summed E-state index contributed by atoms with van der Waals surface area (Å²) in [6.07, 6.45) is 5.19. The van der Waals surface area contributed by atoms with Crippen LogP contribution in [0.5, 0.6) is 11.5 Å². The summed E-state index contributed by atoms with van der Waals surface area (Å²) in [5.41, 5.74) is 8.27. The molecule has 0 bridgehead atoms. The Kier molecular flexibility index (Phi) is 4.55. The zero-order valence-corrected chi connectivity index (χ0v) is 16.1. The van der Waals surface area contributed by atoms with Crippen LogP contribution in [-0.4, -0.2) is 49.5 Å². The van der Waals surface area contributed by atoms with E-state index in [9.17, 15) is 0 Å². The first-order valence-corrected chi connectivity index (χ1v) is 9.30. The van der Waals surface area contributed by atoms with E-state index in [1.54, 1.807) is 14.2 Å². The maximum Gasteiger partial charge on any atom is 0.227 e. The predicted octanol–water partition coefficient (Wildman–Crippen LogP) is 2.93. The van der Waals surface area contributed by atoms with Crippen LogP contribution in [0.4, 0.5) is 11.8 Å². The van der Waals surface area contributed by atoms with Crippen molar-refractivity contribution in [2.75, 3.05) is 44.5 Å². The summed E-state index contributed by atoms with van der Waals surface area (Å²) < 4.78 is 16.9. The lowest BCUT2D eigenvalue weighted by Gasteiger charge is -2.42. The first kappa shape index (κ1) is 17.9. The highest BCUT2D eigenvalue weighted by Gasteiger charge is 2.36. The van der Waals surface area contributed by atoms with Crippen LogP contribution in [-0.2, 0) is 4.74 Å². The number of ether oxygens (including phenoxy) is 3. The van der Waals surface area contributed by atoms with E-state index in [-0.39, 0.29) is 5.60 Å². The highest BCUT2D eigenvalue weighted by molar-refractivity contribution is 5.91. The van der Waals surface area contributed by atoms with Crippen LogP contribution in [0.15, 0.2) is 23.8 Å². The predicted molar refractivity (Wildman–Crippen MR) is 106 cm³/mol. The van der Waals surface area contributed by atoms with Crippen LogP contribution in [0.3, 0.4) is 0 Å². The number of nitrogens with two attached hydrogens (primary N) is 1. The molecule has 1 spiro atoms. The van der Waals surface area contributed by atoms with E-state index in [4.69, 9.17) is 24.9 Å². The number of hydrogen-bond donors (Lipinski definition) is 1. The highest BCUT2D eigenvalue weighted by Crippen LogP contribution is 2.36. The summed E-state index contributed by atoms with van der Waals surface area (Å²) in [5, 5.41) is 0.763. The van der Waals surface area contributed by atoms with Crippen LogP contribution in [0, 0.1) is 0 Å². The summed E-state index contributed by atoms with van der Waals surface area (Å²) in [4.78, 5) is 11.5. The van der Waals surface area contributed by atoms with Gasteiger partial charge in [0.05, 0.1) is 31.9 Å². The Morgan fingerprint density at radius 1 is 1.11 bits per heavy atom. The lowest BCUT2D eigenvalue weighted by atomic mass is 9.87. The van der Waals surface area contributed by atoms with Gasteiger partial charge in [-0.25, -0.2) is 4.98 Å². The van der Waals surface area contributed by atoms with E-state index in [1.165, 1.54) is 5.57 Å². The fraction of sp³-hybridized carbons (Fsp3) is 0.500. The Labute approximate surface area is 159 Å². The molecule has 0 amide bonds. The van der Waals surface area contributed by atoms with Gasteiger partial charge in [-0.15, -0.1) is 0 Å². The quantitative estimate of drug-likeness (QED) is 0.832. The van der Waals surface area contributed by atoms with E-state index in [0.717, 1.165) is 49.9 Å². The van der Waals surface area contributed by atoms with Crippen molar-refractivity contribution in [1.82, 2.24) is 9.97 Å². The SMILES string of the molecule is COc1cc2nc(N3CCC4(C=C(C)CCO4)CC3)nc(N)c2cc1OC. The van der Waals surface area contributed by atoms with Crippen molar-refractivity contribution in [3.63, 3.8) is 0 Å². The molecule has 2 N–H and O–H groups in total. The average molecular weight is 370 g/mol. The van der Waals surface area contributed by atoms with Crippen LogP contribution in [0.1, 0.15) is 26.2 Å². The molecular weight excluding hydrogens is 344 g/mol. The van der Waals surface area contributed by atoms with Crippen molar-refractivity contribution in [2.45, 2.75) is 31.8 Å². The molecule has 7 nitrogen and oxygen atoms in total. The summed E-state index contributed by atoms with van der Waals surface area (Å²) in [6.45, 7) is 4.67. The van der Waals surface area contributed by atoms with Crippen LogP contribution < -0.4 is 20.1 Å². The van der Waals surface area contributed by atoms with Gasteiger partial charge in [0, 0.05) is 24.5 Å². The van der Waals surface area contributed by atoms with Gasteiger partial charge in [-0.3, -0.25) is 0 Å². The standard InChI is InChI=1S/C20H26N4O3/c1-13-4-9-27-20(12-13)5-7-24(8-6-20)19-22-15-11-17(26-3)16(25-2)10-14(15)18(21)23-19/h10-12H,4-9H2,1-3H3,(H2,21,22,23). The molecule has 2 aliphatic heterocycles. The van der Waals surface area contributed by atoms with Crippen LogP contribution >= 0.6 is 0 Å². The van der Waals surface area contributed by atoms with Gasteiger partial charge in [0.2, 0.25) is 5.95 Å². The zero-order valence-electron chi connectivity index (χ0n) is 16.1. The summed E-state index contributed by atoms with van der Waals surface area (Å²) in [6, 6.07) is 3.67. The highest BCUT2D eigenvalue weighted by atomic mass is 16.5. The molecule has 4 rings (SSSR count). The van der Waals surface area contributed by atoms with E-state index < -0.39 is 0 Å². The molecule has 0 radical (unpaired) electrons. The number of hydrogen-bond acceptors (Lipinski definition) is 7. The largest absolute Gasteiger partial charge is 0.493 e. The van der Waals surface area contributed by atoms with Crippen molar-refractivity contribution >= 4 is 22.7 Å². The first-order valence-electron chi connectivity index (χ1n) is 9.30. The minimum absolute atomic E-state index is 0.127. The molecular formula is C20H26N4O3. The van der Waals surface area contributed by atoms with E-state index >= 15 is 0 Å². The molecule has 7 heteroatoms. The van der Waals surface area contributed by atoms with Crippen molar-refractivity contribution in [2.24, 2.45) is 0 Å². The fourth-order valence-corrected chi connectivity index (χ4v) is 3.96. The third-order valence-electron chi connectivity index (χ3n) is 5.51. The van der Waals surface area contributed by atoms with E-state index in [0.29, 0.717) is 23.3 Å². The fourth-order valence-electron chi connectivity index (χ4n) is 3.96. The Balaban J connectivity index is 1.62. The third-order valence-corrected chi connectivity index (χ3v) is 5.51. The maximum atomic E-state index is 6.22. The molecule has 144 valence electrons. The molecule has 0 atom stereocenters. The number of nitrogens with zero attached hydrogens (tertiary/aromatic N) is 3. The van der Waals surface area contributed by atoms with Crippen LogP contribution in [0.25, 0.3) is 10.9 Å². The molecule has 3 heterocycles. The molecule has 1 fully saturated rings. The second kappa shape index (κ2) is 6.88. The minimum Gasteiger partial charge on any atom is -0.493 e. The molecule has 0 aliphatic carbocycles. The van der Waals surface area contributed by atoms with Crippen molar-refractivity contribution in [3.8, 4) is 11.5 Å². The van der Waals surface area contributed by atoms with Crippen LogP contribution in [0.2, 0.25) is 0 Å². The molecule has 2 aromatic rings. The van der Waals surface area contributed by atoms with Gasteiger partial charge in [0.15, 0.2) is 11.5 Å². The number of nitrogen functional groups attached to an aromatic ring is 1. The second-order valence-electron chi connectivity index (χ2n) is 7.27. The maximum absolute atomic E-state index is 6.22. The molecule has 2 aliphatic rings. The summed E-state index contributed by atoms with van der Waals surface area (Å²) in [5.74, 6) is 2.34. The van der Waals surface area contributed by atoms with Gasteiger partial charge in [-0.1, -0.05) is 11.6 Å². The molecule has 1 aromatic heterocycles. The van der Waals surface area contributed by atoms with Gasteiger partial charge in [0.1, 0.15) is 5.82 Å². The van der Waals surface area contributed by atoms with Gasteiger partial charge in [-0.2, -0.15) is 4.98 Å². The summed E-state index contributed by atoms with van der Waals surface area (Å²) >= 11 is 0. The Morgan fingerprint density at radius 2 is 1.81 bits per heavy atom. The lowest BCUT2D eigenvalue weighted by molar-refractivity contribution is -0.0326. The lowest BCUT2D eigenvalue weighted by Crippen LogP contribution is -2.47. The minimum atomic E-state index is -0.127. The number of aromatic nitrogens is 2. The Bertz CT molecular complexity index is 888. The average Bonchev–Trinajstić information content (AvgIpc) is 2.67. The number of fused-ring (bicyclic) bond motifs is 1. The number of anilines is 2. The number of rotatable bonds is 3. The smallest absolute Gasteiger partial charge is 0.227 e. The first-order chi connectivity index (χ1) is 13.0. The third kappa shape index (κ3) is 3.27. The van der Waals surface area contributed by atoms with E-state index in [1.807, 2.05) is 12.1 Å². The molecule has 27 heavy (non-hydrogen) atoms. The van der Waals surface area contributed by atoms with Gasteiger partial charge in [0.25, 0.3) is 0 Å². The Hall–Kier alpha value is -2.54. The summed E-state index contributed by atoms with van der Waals surface area (Å²) in [7, 11) is 3.21. The van der Waals surface area contributed by atoms with Gasteiger partial charge < -0.3 is 24.8 Å². The molecule has 1 aromatic carbocycles. The molecule has 0 saturated carbocycles. The van der Waals surface area contributed by atoms with Gasteiger partial charge >= 0.3 is 0 Å². The molecule has 1 saturated heterocycles. The number of methoxy groups -OCH3 is 2. The number of piperidine rings is 1. The van der Waals surface area contributed by atoms with Crippen molar-refractivity contribution in [3.05, 3.63) is 23.8 Å². The van der Waals surface area contributed by atoms with Gasteiger partial charge in [-0.05, 0) is 32.3 Å². The zero-order chi connectivity index (χ0) is 19.0. The topological polar surface area (TPSA) is 82.7 Å². The Morgan fingerprint density at radius 3 is 2.48 bits per heavy atom. The van der Waals surface area contributed by atoms with Crippen molar-refractivity contribution < 1.29 is 14.2 Å². The number of benzene rings is 1. The normalized spacial score (nSPS) is 19.2. The second-order valence-corrected chi connectivity index (χ2v) is 7.27. The van der Waals surface area contributed by atoms with E-state index in [2.05, 4.69) is 22.9 Å². The van der Waals surface area contributed by atoms with Crippen molar-refractivity contribution in [1.29, 1.82) is 0 Å². The monoisotopic (exact) mass is 370 g/mol.